The molecule has 1 aromatic carbocycles. The highest BCUT2D eigenvalue weighted by Crippen LogP contribution is 2.28. The summed E-state index contributed by atoms with van der Waals surface area (Å²) in [6, 6.07) is 4.95. The summed E-state index contributed by atoms with van der Waals surface area (Å²) in [7, 11) is 0. The van der Waals surface area contributed by atoms with E-state index in [-0.39, 0.29) is 5.75 Å². The molecule has 4 nitrogen and oxygen atoms in total. The number of H-pyrrole nitrogens is 1. The predicted octanol–water partition coefficient (Wildman–Crippen LogP) is 2.50. The van der Waals surface area contributed by atoms with E-state index in [2.05, 4.69) is 4.98 Å². The first-order chi connectivity index (χ1) is 9.58. The van der Waals surface area contributed by atoms with E-state index in [1.807, 2.05) is 26.0 Å². The molecule has 2 aromatic rings. The third kappa shape index (κ3) is 2.59. The van der Waals surface area contributed by atoms with Crippen molar-refractivity contribution in [2.75, 3.05) is 0 Å². The number of benzene rings is 1. The number of aromatic nitrogens is 1. The third-order valence-corrected chi connectivity index (χ3v) is 3.40. The van der Waals surface area contributed by atoms with Crippen LogP contribution in [0.5, 0.6) is 5.75 Å². The Hall–Kier alpha value is -2.10. The molecule has 2 N–H and O–H groups in total. The minimum Gasteiger partial charge on any atom is -0.507 e. The number of rotatable bonds is 4. The Labute approximate surface area is 117 Å². The second kappa shape index (κ2) is 5.90. The van der Waals surface area contributed by atoms with E-state index in [1.54, 1.807) is 0 Å². The number of aromatic amines is 1. The summed E-state index contributed by atoms with van der Waals surface area (Å²) in [6.45, 7) is 4.10. The highest BCUT2D eigenvalue weighted by atomic mass is 16.3. The minimum absolute atomic E-state index is 0.121. The van der Waals surface area contributed by atoms with Gasteiger partial charge in [-0.05, 0) is 24.0 Å². The lowest BCUT2D eigenvalue weighted by Gasteiger charge is -2.09. The Bertz CT molecular complexity index is 747. The lowest BCUT2D eigenvalue weighted by atomic mass is 9.98. The zero-order valence-corrected chi connectivity index (χ0v) is 11.8. The molecular weight excluding hydrogens is 254 g/mol. The summed E-state index contributed by atoms with van der Waals surface area (Å²) in [6.07, 6.45) is 3.43. The molecule has 0 atom stereocenters. The van der Waals surface area contributed by atoms with Crippen LogP contribution in [0, 0.1) is 0 Å². The van der Waals surface area contributed by atoms with Gasteiger partial charge in [0.25, 0.3) is 5.56 Å². The van der Waals surface area contributed by atoms with Crippen LogP contribution < -0.4 is 11.0 Å². The van der Waals surface area contributed by atoms with Gasteiger partial charge < -0.3 is 10.1 Å². The second-order valence-electron chi connectivity index (χ2n) is 4.98. The molecule has 4 heteroatoms. The molecule has 0 unspecified atom stereocenters. The molecule has 1 aromatic heterocycles. The SMILES string of the molecule is CCCc1ccc(CCC)c2c(O)cc(=O)c(=O)[nH]c12. The van der Waals surface area contributed by atoms with E-state index in [4.69, 9.17) is 0 Å². The zero-order valence-electron chi connectivity index (χ0n) is 11.8. The Morgan fingerprint density at radius 2 is 1.65 bits per heavy atom. The fourth-order valence-electron chi connectivity index (χ4n) is 2.52. The van der Waals surface area contributed by atoms with Gasteiger partial charge in [-0.2, -0.15) is 0 Å². The zero-order chi connectivity index (χ0) is 14.7. The molecule has 106 valence electrons. The van der Waals surface area contributed by atoms with E-state index in [9.17, 15) is 14.7 Å². The lowest BCUT2D eigenvalue weighted by molar-refractivity contribution is 0.481. The van der Waals surface area contributed by atoms with Crippen molar-refractivity contribution < 1.29 is 5.11 Å². The summed E-state index contributed by atoms with van der Waals surface area (Å²) < 4.78 is 0. The highest BCUT2D eigenvalue weighted by Gasteiger charge is 2.11. The van der Waals surface area contributed by atoms with Crippen molar-refractivity contribution in [1.82, 2.24) is 4.98 Å². The Morgan fingerprint density at radius 1 is 1.05 bits per heavy atom. The maximum atomic E-state index is 11.7. The molecule has 0 fully saturated rings. The maximum absolute atomic E-state index is 11.7. The van der Waals surface area contributed by atoms with Crippen LogP contribution in [-0.4, -0.2) is 10.1 Å². The van der Waals surface area contributed by atoms with Gasteiger partial charge in [0.05, 0.1) is 5.52 Å². The number of hydrogen-bond acceptors (Lipinski definition) is 3. The average molecular weight is 273 g/mol. The molecule has 1 heterocycles. The molecule has 2 rings (SSSR count). The van der Waals surface area contributed by atoms with Gasteiger partial charge in [0.15, 0.2) is 0 Å². The van der Waals surface area contributed by atoms with Gasteiger partial charge in [0.2, 0.25) is 5.43 Å². The van der Waals surface area contributed by atoms with Crippen LogP contribution in [0.2, 0.25) is 0 Å². The minimum atomic E-state index is -0.719. The van der Waals surface area contributed by atoms with Crippen molar-refractivity contribution in [2.24, 2.45) is 0 Å². The van der Waals surface area contributed by atoms with E-state index in [0.29, 0.717) is 10.9 Å². The molecule has 0 radical (unpaired) electrons. The van der Waals surface area contributed by atoms with Crippen LogP contribution in [0.25, 0.3) is 10.9 Å². The molecule has 0 amide bonds. The second-order valence-corrected chi connectivity index (χ2v) is 4.98. The number of fused-ring (bicyclic) bond motifs is 1. The lowest BCUT2D eigenvalue weighted by Crippen LogP contribution is -2.22. The summed E-state index contributed by atoms with van der Waals surface area (Å²) >= 11 is 0. The number of nitrogens with one attached hydrogen (secondary N) is 1. The van der Waals surface area contributed by atoms with E-state index in [0.717, 1.165) is 42.9 Å². The normalized spacial score (nSPS) is 10.9. The van der Waals surface area contributed by atoms with Gasteiger partial charge in [-0.3, -0.25) is 9.59 Å². The van der Waals surface area contributed by atoms with Crippen LogP contribution in [0.15, 0.2) is 27.8 Å². The van der Waals surface area contributed by atoms with Crippen LogP contribution in [0.4, 0.5) is 0 Å². The van der Waals surface area contributed by atoms with Crippen LogP contribution in [0.3, 0.4) is 0 Å². The molecule has 0 aliphatic carbocycles. The molecular formula is C16H19NO3. The average Bonchev–Trinajstić information content (AvgIpc) is 2.51. The van der Waals surface area contributed by atoms with Gasteiger partial charge in [0.1, 0.15) is 5.75 Å². The molecule has 0 spiro atoms. The van der Waals surface area contributed by atoms with Crippen molar-refractivity contribution in [3.8, 4) is 5.75 Å². The van der Waals surface area contributed by atoms with E-state index < -0.39 is 11.0 Å². The molecule has 0 aliphatic rings. The molecule has 0 saturated carbocycles. The summed E-state index contributed by atoms with van der Waals surface area (Å²) in [5.74, 6) is -0.121. The first-order valence-corrected chi connectivity index (χ1v) is 6.99. The predicted molar refractivity (Wildman–Crippen MR) is 80.5 cm³/mol. The Balaban J connectivity index is 2.96. The quantitative estimate of drug-likeness (QED) is 0.841. The molecule has 0 bridgehead atoms. The van der Waals surface area contributed by atoms with Crippen molar-refractivity contribution in [2.45, 2.75) is 39.5 Å². The van der Waals surface area contributed by atoms with Crippen molar-refractivity contribution in [3.05, 3.63) is 49.9 Å². The fourth-order valence-corrected chi connectivity index (χ4v) is 2.52. The summed E-state index contributed by atoms with van der Waals surface area (Å²) in [5.41, 5.74) is 1.07. The summed E-state index contributed by atoms with van der Waals surface area (Å²) in [4.78, 5) is 26.0. The van der Waals surface area contributed by atoms with Crippen LogP contribution in [-0.2, 0) is 12.8 Å². The maximum Gasteiger partial charge on any atom is 0.296 e. The first kappa shape index (κ1) is 14.3. The van der Waals surface area contributed by atoms with E-state index in [1.165, 1.54) is 0 Å². The summed E-state index contributed by atoms with van der Waals surface area (Å²) in [5, 5.41) is 10.8. The first-order valence-electron chi connectivity index (χ1n) is 6.99. The van der Waals surface area contributed by atoms with Gasteiger partial charge in [-0.15, -0.1) is 0 Å². The molecule has 0 aliphatic heterocycles. The fraction of sp³-hybridized carbons (Fsp3) is 0.375. The molecule has 0 saturated heterocycles. The molecule has 20 heavy (non-hydrogen) atoms. The van der Waals surface area contributed by atoms with Crippen LogP contribution >= 0.6 is 0 Å². The third-order valence-electron chi connectivity index (χ3n) is 3.40. The number of aryl methyl sites for hydroxylation is 2. The van der Waals surface area contributed by atoms with Gasteiger partial charge in [-0.1, -0.05) is 38.8 Å². The number of aromatic hydroxyl groups is 1. The monoisotopic (exact) mass is 273 g/mol. The van der Waals surface area contributed by atoms with E-state index >= 15 is 0 Å². The standard InChI is InChI=1S/C16H19NO3/c1-3-5-10-7-8-11(6-4-2)15-14(10)12(18)9-13(19)16(20)17-15/h7-9,18H,3-6H2,1-2H3,(H,17,19,20). The largest absolute Gasteiger partial charge is 0.507 e. The highest BCUT2D eigenvalue weighted by molar-refractivity contribution is 5.89. The van der Waals surface area contributed by atoms with Crippen molar-refractivity contribution >= 4 is 10.9 Å². The Morgan fingerprint density at radius 3 is 2.30 bits per heavy atom. The topological polar surface area (TPSA) is 70.2 Å². The number of hydrogen-bond donors (Lipinski definition) is 2. The Kier molecular flexibility index (Phi) is 4.23. The van der Waals surface area contributed by atoms with Crippen molar-refractivity contribution in [3.63, 3.8) is 0 Å². The smallest absolute Gasteiger partial charge is 0.296 e. The van der Waals surface area contributed by atoms with Crippen molar-refractivity contribution in [1.29, 1.82) is 0 Å². The van der Waals surface area contributed by atoms with Gasteiger partial charge >= 0.3 is 0 Å². The van der Waals surface area contributed by atoms with Gasteiger partial charge in [-0.25, -0.2) is 0 Å². The van der Waals surface area contributed by atoms with Gasteiger partial charge in [0, 0.05) is 11.5 Å². The van der Waals surface area contributed by atoms with Crippen LogP contribution in [0.1, 0.15) is 37.8 Å².